The first-order valence-corrected chi connectivity index (χ1v) is 7.16. The fourth-order valence-corrected chi connectivity index (χ4v) is 2.81. The number of nitrogens with two attached hydrogens (primary N) is 1. The van der Waals surface area contributed by atoms with Gasteiger partial charge in [-0.15, -0.1) is 0 Å². The van der Waals surface area contributed by atoms with Gasteiger partial charge < -0.3 is 15.6 Å². The molecule has 0 bridgehead atoms. The number of aliphatic hydroxyl groups excluding tert-OH is 1. The van der Waals surface area contributed by atoms with Crippen LogP contribution in [0.1, 0.15) is 44.7 Å². The van der Waals surface area contributed by atoms with Crippen LogP contribution in [0.4, 0.5) is 5.95 Å². The van der Waals surface area contributed by atoms with Gasteiger partial charge in [0.15, 0.2) is 0 Å². The van der Waals surface area contributed by atoms with E-state index in [9.17, 15) is 9.90 Å². The molecule has 7 heteroatoms. The van der Waals surface area contributed by atoms with Gasteiger partial charge in [-0.05, 0) is 19.8 Å². The van der Waals surface area contributed by atoms with Gasteiger partial charge in [-0.3, -0.25) is 4.79 Å². The molecule has 0 amide bonds. The zero-order chi connectivity index (χ0) is 15.5. The average Bonchev–Trinajstić information content (AvgIpc) is 2.46. The minimum atomic E-state index is -0.564. The standard InChI is InChI=1S/C14H22N4O3/c1-10(19)14(6-4-3-5-7-14)21-9-11-8-12(20)18(16-2)13(15)17-11/h8,10,19H,2-7,9H2,1H3,(H2,15,17). The summed E-state index contributed by atoms with van der Waals surface area (Å²) < 4.78 is 6.86. The molecule has 1 atom stereocenters. The van der Waals surface area contributed by atoms with Crippen LogP contribution in [0.25, 0.3) is 0 Å². The largest absolute Gasteiger partial charge is 0.390 e. The summed E-state index contributed by atoms with van der Waals surface area (Å²) in [6, 6.07) is 1.32. The Morgan fingerprint density at radius 1 is 1.57 bits per heavy atom. The molecule has 1 saturated carbocycles. The van der Waals surface area contributed by atoms with Gasteiger partial charge in [0.1, 0.15) is 0 Å². The van der Waals surface area contributed by atoms with Crippen LogP contribution in [-0.4, -0.2) is 33.2 Å². The maximum Gasteiger partial charge on any atom is 0.275 e. The van der Waals surface area contributed by atoms with E-state index in [1.807, 2.05) is 0 Å². The molecule has 1 fully saturated rings. The number of hydrogen-bond donors (Lipinski definition) is 2. The Morgan fingerprint density at radius 2 is 2.24 bits per heavy atom. The van der Waals surface area contributed by atoms with Gasteiger partial charge >= 0.3 is 0 Å². The number of rotatable bonds is 5. The molecule has 21 heavy (non-hydrogen) atoms. The van der Waals surface area contributed by atoms with Crippen molar-refractivity contribution in [1.82, 2.24) is 9.66 Å². The fraction of sp³-hybridized carbons (Fsp3) is 0.643. The predicted octanol–water partition coefficient (Wildman–Crippen LogP) is 0.889. The highest BCUT2D eigenvalue weighted by molar-refractivity contribution is 5.27. The minimum Gasteiger partial charge on any atom is -0.390 e. The summed E-state index contributed by atoms with van der Waals surface area (Å²) >= 11 is 0. The third-order valence-corrected chi connectivity index (χ3v) is 4.08. The van der Waals surface area contributed by atoms with E-state index in [1.165, 1.54) is 6.07 Å². The summed E-state index contributed by atoms with van der Waals surface area (Å²) in [5.41, 5.74) is 5.13. The first-order valence-electron chi connectivity index (χ1n) is 7.16. The summed E-state index contributed by atoms with van der Waals surface area (Å²) in [4.78, 5) is 15.8. The third-order valence-electron chi connectivity index (χ3n) is 4.08. The highest BCUT2D eigenvalue weighted by atomic mass is 16.5. The monoisotopic (exact) mass is 294 g/mol. The molecule has 3 N–H and O–H groups in total. The van der Waals surface area contributed by atoms with Crippen LogP contribution in [0.2, 0.25) is 0 Å². The molecule has 2 rings (SSSR count). The summed E-state index contributed by atoms with van der Waals surface area (Å²) in [6.07, 6.45) is 4.27. The lowest BCUT2D eigenvalue weighted by molar-refractivity contribution is -0.145. The van der Waals surface area contributed by atoms with Crippen molar-refractivity contribution >= 4 is 12.7 Å². The maximum absolute atomic E-state index is 11.8. The van der Waals surface area contributed by atoms with Gasteiger partial charge in [0, 0.05) is 12.8 Å². The highest BCUT2D eigenvalue weighted by Crippen LogP contribution is 2.35. The van der Waals surface area contributed by atoms with Crippen LogP contribution in [0.3, 0.4) is 0 Å². The summed E-state index contributed by atoms with van der Waals surface area (Å²) in [7, 11) is 0. The van der Waals surface area contributed by atoms with Crippen LogP contribution >= 0.6 is 0 Å². The van der Waals surface area contributed by atoms with E-state index >= 15 is 0 Å². The second kappa shape index (κ2) is 6.36. The lowest BCUT2D eigenvalue weighted by atomic mass is 9.81. The second-order valence-corrected chi connectivity index (χ2v) is 5.49. The molecule has 7 nitrogen and oxygen atoms in total. The van der Waals surface area contributed by atoms with Crippen LogP contribution < -0.4 is 11.3 Å². The number of nitrogen functional groups attached to an aromatic ring is 1. The van der Waals surface area contributed by atoms with Crippen molar-refractivity contribution in [2.45, 2.75) is 57.3 Å². The van der Waals surface area contributed by atoms with E-state index in [0.29, 0.717) is 5.69 Å². The van der Waals surface area contributed by atoms with E-state index in [2.05, 4.69) is 16.8 Å². The smallest absolute Gasteiger partial charge is 0.275 e. The molecular formula is C14H22N4O3. The summed E-state index contributed by atoms with van der Waals surface area (Å²) in [5.74, 6) is -0.0224. The van der Waals surface area contributed by atoms with E-state index in [4.69, 9.17) is 10.5 Å². The number of nitrogens with zero attached hydrogens (tertiary/aromatic N) is 3. The molecule has 0 aromatic carbocycles. The van der Waals surface area contributed by atoms with Crippen molar-refractivity contribution in [3.05, 3.63) is 22.1 Å². The molecule has 0 spiro atoms. The Bertz CT molecular complexity index is 562. The van der Waals surface area contributed by atoms with Crippen molar-refractivity contribution in [3.8, 4) is 0 Å². The third kappa shape index (κ3) is 3.30. The van der Waals surface area contributed by atoms with Crippen LogP contribution in [0.5, 0.6) is 0 Å². The summed E-state index contributed by atoms with van der Waals surface area (Å²) in [6.45, 7) is 5.15. The van der Waals surface area contributed by atoms with Crippen LogP contribution in [0.15, 0.2) is 16.0 Å². The molecular weight excluding hydrogens is 272 g/mol. The molecule has 1 aromatic rings. The highest BCUT2D eigenvalue weighted by Gasteiger charge is 2.37. The Kier molecular flexibility index (Phi) is 4.74. The lowest BCUT2D eigenvalue weighted by Gasteiger charge is -2.39. The molecule has 1 aromatic heterocycles. The zero-order valence-corrected chi connectivity index (χ0v) is 12.3. The Labute approximate surface area is 123 Å². The topological polar surface area (TPSA) is 103 Å². The maximum atomic E-state index is 11.8. The summed E-state index contributed by atoms with van der Waals surface area (Å²) in [5, 5.41) is 13.5. The van der Waals surface area contributed by atoms with Gasteiger partial charge in [-0.25, -0.2) is 4.98 Å². The molecule has 0 radical (unpaired) electrons. The van der Waals surface area contributed by atoms with Gasteiger partial charge in [0.2, 0.25) is 5.95 Å². The molecule has 0 saturated heterocycles. The number of aromatic nitrogens is 2. The lowest BCUT2D eigenvalue weighted by Crippen LogP contribution is -2.45. The van der Waals surface area contributed by atoms with Crippen molar-refractivity contribution in [3.63, 3.8) is 0 Å². The Hall–Kier alpha value is -1.73. The van der Waals surface area contributed by atoms with E-state index in [0.717, 1.165) is 36.8 Å². The SMILES string of the molecule is C=Nn1c(N)nc(COC2(C(C)O)CCCCC2)cc1=O. The van der Waals surface area contributed by atoms with Gasteiger partial charge in [-0.2, -0.15) is 9.78 Å². The van der Waals surface area contributed by atoms with Crippen molar-refractivity contribution < 1.29 is 9.84 Å². The van der Waals surface area contributed by atoms with Gasteiger partial charge in [0.25, 0.3) is 5.56 Å². The van der Waals surface area contributed by atoms with Crippen molar-refractivity contribution in [2.24, 2.45) is 5.10 Å². The van der Waals surface area contributed by atoms with Crippen molar-refractivity contribution in [1.29, 1.82) is 0 Å². The predicted molar refractivity (Wildman–Crippen MR) is 80.1 cm³/mol. The molecule has 1 aliphatic rings. The van der Waals surface area contributed by atoms with Crippen molar-refractivity contribution in [2.75, 3.05) is 5.73 Å². The molecule has 0 aliphatic heterocycles. The van der Waals surface area contributed by atoms with E-state index in [-0.39, 0.29) is 12.6 Å². The first kappa shape index (κ1) is 15.7. The number of ether oxygens (including phenoxy) is 1. The second-order valence-electron chi connectivity index (χ2n) is 5.49. The Balaban J connectivity index is 2.14. The number of aliphatic hydroxyl groups is 1. The van der Waals surface area contributed by atoms with Crippen LogP contribution in [0, 0.1) is 0 Å². The Morgan fingerprint density at radius 3 is 2.76 bits per heavy atom. The molecule has 1 aliphatic carbocycles. The molecule has 1 heterocycles. The number of anilines is 1. The first-order chi connectivity index (χ1) is 9.98. The van der Waals surface area contributed by atoms with Gasteiger partial charge in [-0.1, -0.05) is 19.3 Å². The normalized spacial score (nSPS) is 19.1. The molecule has 116 valence electrons. The quantitative estimate of drug-likeness (QED) is 0.785. The number of hydrogen-bond acceptors (Lipinski definition) is 6. The average molecular weight is 294 g/mol. The van der Waals surface area contributed by atoms with Crippen LogP contribution in [-0.2, 0) is 11.3 Å². The molecule has 1 unspecified atom stereocenters. The fourth-order valence-electron chi connectivity index (χ4n) is 2.81. The van der Waals surface area contributed by atoms with E-state index < -0.39 is 17.3 Å². The van der Waals surface area contributed by atoms with E-state index in [1.54, 1.807) is 6.92 Å². The zero-order valence-electron chi connectivity index (χ0n) is 12.3. The minimum absolute atomic E-state index is 0.0224. The van der Waals surface area contributed by atoms with Gasteiger partial charge in [0.05, 0.1) is 24.0 Å².